The van der Waals surface area contributed by atoms with E-state index in [9.17, 15) is 4.79 Å². The van der Waals surface area contributed by atoms with E-state index >= 15 is 0 Å². The van der Waals surface area contributed by atoms with Crippen LogP contribution in [0.2, 0.25) is 0 Å². The Bertz CT molecular complexity index is 493. The van der Waals surface area contributed by atoms with Gasteiger partial charge >= 0.3 is 0 Å². The Labute approximate surface area is 125 Å². The van der Waals surface area contributed by atoms with Crippen molar-refractivity contribution in [3.05, 3.63) is 34.9 Å². The molecule has 4 nitrogen and oxygen atoms in total. The summed E-state index contributed by atoms with van der Waals surface area (Å²) in [5, 5.41) is 3.19. The summed E-state index contributed by atoms with van der Waals surface area (Å²) in [5.74, 6) is 0.750. The van der Waals surface area contributed by atoms with Gasteiger partial charge in [0.1, 0.15) is 0 Å². The lowest BCUT2D eigenvalue weighted by Crippen LogP contribution is -2.30. The molecule has 1 amide bonds. The van der Waals surface area contributed by atoms with E-state index in [0.29, 0.717) is 19.1 Å². The third kappa shape index (κ3) is 2.97. The van der Waals surface area contributed by atoms with Crippen molar-refractivity contribution in [1.82, 2.24) is 10.2 Å². The molecule has 0 radical (unpaired) electrons. The van der Waals surface area contributed by atoms with Gasteiger partial charge in [-0.15, -0.1) is 12.4 Å². The molecule has 1 N–H and O–H groups in total. The summed E-state index contributed by atoms with van der Waals surface area (Å²) in [6, 6.07) is 5.95. The number of fused-ring (bicyclic) bond motifs is 1. The lowest BCUT2D eigenvalue weighted by molar-refractivity contribution is 0.0787. The lowest BCUT2D eigenvalue weighted by Gasteiger charge is -2.17. The zero-order valence-electron chi connectivity index (χ0n) is 11.7. The van der Waals surface area contributed by atoms with E-state index in [1.165, 1.54) is 5.56 Å². The van der Waals surface area contributed by atoms with E-state index in [2.05, 4.69) is 5.32 Å². The van der Waals surface area contributed by atoms with Crippen LogP contribution in [0.15, 0.2) is 18.2 Å². The smallest absolute Gasteiger partial charge is 0.253 e. The number of hydrogen-bond acceptors (Lipinski definition) is 3. The summed E-state index contributed by atoms with van der Waals surface area (Å²) < 4.78 is 5.39. The minimum atomic E-state index is 0. The molecular weight excluding hydrogens is 276 g/mol. The van der Waals surface area contributed by atoms with Crippen LogP contribution >= 0.6 is 12.4 Å². The minimum Gasteiger partial charge on any atom is -0.372 e. The number of carbonyl (C=O) groups excluding carboxylic acids is 1. The van der Waals surface area contributed by atoms with Crippen molar-refractivity contribution in [1.29, 1.82) is 0 Å². The van der Waals surface area contributed by atoms with Gasteiger partial charge in [0.05, 0.1) is 13.2 Å². The van der Waals surface area contributed by atoms with Crippen LogP contribution in [0.25, 0.3) is 0 Å². The Morgan fingerprint density at radius 3 is 3.00 bits per heavy atom. The van der Waals surface area contributed by atoms with Crippen molar-refractivity contribution >= 4 is 18.3 Å². The molecule has 2 aliphatic rings. The maximum atomic E-state index is 12.5. The van der Waals surface area contributed by atoms with E-state index in [1.807, 2.05) is 30.1 Å². The third-order valence-electron chi connectivity index (χ3n) is 4.03. The molecule has 1 aromatic rings. The second kappa shape index (κ2) is 6.57. The van der Waals surface area contributed by atoms with Gasteiger partial charge in [-0.3, -0.25) is 4.79 Å². The Morgan fingerprint density at radius 1 is 1.40 bits per heavy atom. The van der Waals surface area contributed by atoms with Crippen LogP contribution in [-0.4, -0.2) is 37.5 Å². The number of carbonyl (C=O) groups is 1. The minimum absolute atomic E-state index is 0. The molecule has 1 fully saturated rings. The summed E-state index contributed by atoms with van der Waals surface area (Å²) in [6.45, 7) is 4.05. The summed E-state index contributed by atoms with van der Waals surface area (Å²) in [7, 11) is 1.96. The van der Waals surface area contributed by atoms with Crippen molar-refractivity contribution in [3.8, 4) is 0 Å². The summed E-state index contributed by atoms with van der Waals surface area (Å²) in [6.07, 6.45) is 1.10. The van der Waals surface area contributed by atoms with E-state index in [0.717, 1.165) is 37.2 Å². The number of hydrogen-bond donors (Lipinski definition) is 1. The Hall–Kier alpha value is -1.10. The molecule has 5 heteroatoms. The zero-order valence-corrected chi connectivity index (χ0v) is 12.5. The Kier molecular flexibility index (Phi) is 5.02. The van der Waals surface area contributed by atoms with Crippen LogP contribution in [0, 0.1) is 5.92 Å². The van der Waals surface area contributed by atoms with Gasteiger partial charge in [-0.05, 0) is 49.2 Å². The van der Waals surface area contributed by atoms with Crippen molar-refractivity contribution in [3.63, 3.8) is 0 Å². The van der Waals surface area contributed by atoms with Gasteiger partial charge in [0, 0.05) is 18.7 Å². The highest BCUT2D eigenvalue weighted by atomic mass is 35.5. The van der Waals surface area contributed by atoms with Gasteiger partial charge in [0.2, 0.25) is 0 Å². The highest BCUT2D eigenvalue weighted by Crippen LogP contribution is 2.23. The molecule has 2 aliphatic heterocycles. The number of likely N-dealkylation sites (tertiary alicyclic amines) is 1. The summed E-state index contributed by atoms with van der Waals surface area (Å²) in [4.78, 5) is 14.4. The van der Waals surface area contributed by atoms with Crippen molar-refractivity contribution in [2.45, 2.75) is 19.6 Å². The number of amides is 1. The molecule has 0 aromatic heterocycles. The van der Waals surface area contributed by atoms with Gasteiger partial charge in [0.15, 0.2) is 0 Å². The number of nitrogens with zero attached hydrogens (tertiary/aromatic N) is 1. The number of halogens is 1. The Balaban J connectivity index is 0.00000147. The first-order valence-corrected chi connectivity index (χ1v) is 6.91. The fraction of sp³-hybridized carbons (Fsp3) is 0.533. The van der Waals surface area contributed by atoms with Crippen LogP contribution < -0.4 is 5.32 Å². The second-order valence-electron chi connectivity index (χ2n) is 5.44. The Morgan fingerprint density at radius 2 is 2.20 bits per heavy atom. The standard InChI is InChI=1S/C15H20N2O2.ClH/c1-16-7-11-4-5-17(8-11)15(18)12-2-3-13-9-19-10-14(13)6-12;/h2-3,6,11,16H,4-5,7-10H2,1H3;1H. The molecule has 20 heavy (non-hydrogen) atoms. The van der Waals surface area contributed by atoms with Gasteiger partial charge in [-0.1, -0.05) is 6.07 Å². The van der Waals surface area contributed by atoms with Crippen LogP contribution in [0.4, 0.5) is 0 Å². The number of benzene rings is 1. The van der Waals surface area contributed by atoms with Crippen LogP contribution in [0.5, 0.6) is 0 Å². The van der Waals surface area contributed by atoms with Gasteiger partial charge in [-0.25, -0.2) is 0 Å². The molecule has 0 saturated carbocycles. The van der Waals surface area contributed by atoms with E-state index < -0.39 is 0 Å². The predicted molar refractivity (Wildman–Crippen MR) is 80.1 cm³/mol. The first-order chi connectivity index (χ1) is 9.28. The largest absolute Gasteiger partial charge is 0.372 e. The van der Waals surface area contributed by atoms with Crippen LogP contribution in [-0.2, 0) is 18.0 Å². The van der Waals surface area contributed by atoms with Crippen LogP contribution in [0.3, 0.4) is 0 Å². The molecule has 1 saturated heterocycles. The number of ether oxygens (including phenoxy) is 1. The third-order valence-corrected chi connectivity index (χ3v) is 4.03. The van der Waals surface area contributed by atoms with Crippen molar-refractivity contribution in [2.24, 2.45) is 5.92 Å². The molecule has 1 unspecified atom stereocenters. The number of rotatable bonds is 3. The summed E-state index contributed by atoms with van der Waals surface area (Å²) >= 11 is 0. The van der Waals surface area contributed by atoms with Gasteiger partial charge in [-0.2, -0.15) is 0 Å². The first kappa shape index (κ1) is 15.3. The topological polar surface area (TPSA) is 41.6 Å². The highest BCUT2D eigenvalue weighted by Gasteiger charge is 2.27. The average Bonchev–Trinajstić information content (AvgIpc) is 3.05. The molecule has 0 bridgehead atoms. The molecule has 1 aromatic carbocycles. The van der Waals surface area contributed by atoms with Crippen LogP contribution in [0.1, 0.15) is 27.9 Å². The molecule has 1 atom stereocenters. The lowest BCUT2D eigenvalue weighted by atomic mass is 10.1. The SMILES string of the molecule is CNCC1CCN(C(=O)c2ccc3c(c2)COC3)C1.Cl. The normalized spacial score (nSPS) is 20.6. The fourth-order valence-corrected chi connectivity index (χ4v) is 2.96. The van der Waals surface area contributed by atoms with Gasteiger partial charge < -0.3 is 15.0 Å². The molecule has 110 valence electrons. The predicted octanol–water partition coefficient (Wildman–Crippen LogP) is 1.82. The van der Waals surface area contributed by atoms with Crippen molar-refractivity contribution in [2.75, 3.05) is 26.7 Å². The van der Waals surface area contributed by atoms with E-state index in [-0.39, 0.29) is 18.3 Å². The second-order valence-corrected chi connectivity index (χ2v) is 5.44. The van der Waals surface area contributed by atoms with Gasteiger partial charge in [0.25, 0.3) is 5.91 Å². The molecular formula is C15H21ClN2O2. The van der Waals surface area contributed by atoms with E-state index in [1.54, 1.807) is 0 Å². The maximum Gasteiger partial charge on any atom is 0.253 e. The highest BCUT2D eigenvalue weighted by molar-refractivity contribution is 5.94. The summed E-state index contributed by atoms with van der Waals surface area (Å²) in [5.41, 5.74) is 3.18. The maximum absolute atomic E-state index is 12.5. The average molecular weight is 297 g/mol. The monoisotopic (exact) mass is 296 g/mol. The fourth-order valence-electron chi connectivity index (χ4n) is 2.96. The molecule has 3 rings (SSSR count). The zero-order chi connectivity index (χ0) is 13.2. The first-order valence-electron chi connectivity index (χ1n) is 6.91. The molecule has 2 heterocycles. The quantitative estimate of drug-likeness (QED) is 0.925. The van der Waals surface area contributed by atoms with Crippen molar-refractivity contribution < 1.29 is 9.53 Å². The molecule has 0 spiro atoms. The van der Waals surface area contributed by atoms with E-state index in [4.69, 9.17) is 4.74 Å². The molecule has 0 aliphatic carbocycles. The number of nitrogens with one attached hydrogen (secondary N) is 1.